The third kappa shape index (κ3) is 5.17. The lowest BCUT2D eigenvalue weighted by Gasteiger charge is -2.36. The summed E-state index contributed by atoms with van der Waals surface area (Å²) >= 11 is 0. The molecule has 0 aromatic rings. The quantitative estimate of drug-likeness (QED) is 0.660. The number of carbonyl (C=O) groups is 3. The summed E-state index contributed by atoms with van der Waals surface area (Å²) in [7, 11) is 1.72. The van der Waals surface area contributed by atoms with Crippen LogP contribution in [0.4, 0.5) is 0 Å². The maximum atomic E-state index is 12.9. The zero-order chi connectivity index (χ0) is 19.3. The number of hydrogen-bond donors (Lipinski definition) is 1. The summed E-state index contributed by atoms with van der Waals surface area (Å²) in [6, 6.07) is 0.211. The monoisotopic (exact) mass is 369 g/mol. The van der Waals surface area contributed by atoms with Crippen molar-refractivity contribution >= 4 is 17.8 Å². The predicted molar refractivity (Wildman–Crippen MR) is 95.6 cm³/mol. The van der Waals surface area contributed by atoms with E-state index in [0.29, 0.717) is 32.8 Å². The SMILES string of the molecule is CCC(CC)N1CC(C(=O)N2CCOC(CN(C)CC(=O)O)C2)CC1=O. The van der Waals surface area contributed by atoms with Crippen molar-refractivity contribution in [3.8, 4) is 0 Å². The number of hydrogen-bond acceptors (Lipinski definition) is 5. The first-order valence-electron chi connectivity index (χ1n) is 9.45. The molecule has 2 aliphatic heterocycles. The van der Waals surface area contributed by atoms with Gasteiger partial charge in [0.2, 0.25) is 11.8 Å². The second kappa shape index (κ2) is 9.32. The first-order chi connectivity index (χ1) is 12.3. The number of carboxylic acid groups (broad SMARTS) is 1. The number of aliphatic carboxylic acids is 1. The van der Waals surface area contributed by atoms with Gasteiger partial charge >= 0.3 is 5.97 Å². The molecule has 26 heavy (non-hydrogen) atoms. The lowest BCUT2D eigenvalue weighted by Crippen LogP contribution is -2.51. The molecule has 2 unspecified atom stereocenters. The van der Waals surface area contributed by atoms with Crippen LogP contribution in [0.2, 0.25) is 0 Å². The number of likely N-dealkylation sites (tertiary alicyclic amines) is 1. The van der Waals surface area contributed by atoms with Crippen molar-refractivity contribution in [1.29, 1.82) is 0 Å². The van der Waals surface area contributed by atoms with Crippen molar-refractivity contribution in [2.75, 3.05) is 46.4 Å². The fourth-order valence-electron chi connectivity index (χ4n) is 3.91. The van der Waals surface area contributed by atoms with E-state index in [1.807, 2.05) is 4.90 Å². The molecular formula is C18H31N3O5. The van der Waals surface area contributed by atoms with E-state index in [-0.39, 0.29) is 42.8 Å². The van der Waals surface area contributed by atoms with E-state index < -0.39 is 5.97 Å². The van der Waals surface area contributed by atoms with Gasteiger partial charge < -0.3 is 19.6 Å². The van der Waals surface area contributed by atoms with Gasteiger partial charge in [-0.25, -0.2) is 0 Å². The first-order valence-corrected chi connectivity index (χ1v) is 9.45. The highest BCUT2D eigenvalue weighted by Gasteiger charge is 2.39. The lowest BCUT2D eigenvalue weighted by molar-refractivity contribution is -0.145. The van der Waals surface area contributed by atoms with Crippen molar-refractivity contribution in [1.82, 2.24) is 14.7 Å². The van der Waals surface area contributed by atoms with Crippen LogP contribution < -0.4 is 0 Å². The van der Waals surface area contributed by atoms with Crippen molar-refractivity contribution < 1.29 is 24.2 Å². The Hall–Kier alpha value is -1.67. The molecule has 2 atom stereocenters. The van der Waals surface area contributed by atoms with Crippen molar-refractivity contribution in [2.45, 2.75) is 45.3 Å². The molecule has 2 amide bonds. The summed E-state index contributed by atoms with van der Waals surface area (Å²) in [6.45, 7) is 6.44. The van der Waals surface area contributed by atoms with Gasteiger partial charge in [0.1, 0.15) is 0 Å². The Morgan fingerprint density at radius 3 is 2.62 bits per heavy atom. The van der Waals surface area contributed by atoms with Crippen molar-refractivity contribution in [2.24, 2.45) is 5.92 Å². The van der Waals surface area contributed by atoms with Gasteiger partial charge in [-0.2, -0.15) is 0 Å². The smallest absolute Gasteiger partial charge is 0.317 e. The maximum absolute atomic E-state index is 12.9. The minimum atomic E-state index is -0.887. The largest absolute Gasteiger partial charge is 0.480 e. The zero-order valence-electron chi connectivity index (χ0n) is 16.0. The van der Waals surface area contributed by atoms with E-state index in [2.05, 4.69) is 13.8 Å². The number of rotatable bonds is 8. The van der Waals surface area contributed by atoms with E-state index >= 15 is 0 Å². The van der Waals surface area contributed by atoms with Crippen molar-refractivity contribution in [3.63, 3.8) is 0 Å². The normalized spacial score (nSPS) is 24.0. The number of morpholine rings is 1. The summed E-state index contributed by atoms with van der Waals surface area (Å²) in [4.78, 5) is 41.3. The number of nitrogens with zero attached hydrogens (tertiary/aromatic N) is 3. The molecule has 0 saturated carbocycles. The molecular weight excluding hydrogens is 338 g/mol. The number of likely N-dealkylation sites (N-methyl/N-ethyl adjacent to an activating group) is 1. The van der Waals surface area contributed by atoms with Crippen LogP contribution in [0.25, 0.3) is 0 Å². The topological polar surface area (TPSA) is 90.4 Å². The highest BCUT2D eigenvalue weighted by atomic mass is 16.5. The number of carbonyl (C=O) groups excluding carboxylic acids is 2. The minimum absolute atomic E-state index is 0.0148. The van der Waals surface area contributed by atoms with Crippen LogP contribution >= 0.6 is 0 Å². The fourth-order valence-corrected chi connectivity index (χ4v) is 3.91. The maximum Gasteiger partial charge on any atom is 0.317 e. The Labute approximate surface area is 155 Å². The average molecular weight is 369 g/mol. The standard InChI is InChI=1S/C18H31N3O5/c1-4-14(5-2)21-9-13(8-16(21)22)18(25)20-6-7-26-15(11-20)10-19(3)12-17(23)24/h13-15H,4-12H2,1-3H3,(H,23,24). The molecule has 2 aliphatic rings. The summed E-state index contributed by atoms with van der Waals surface area (Å²) in [5, 5.41) is 8.85. The number of ether oxygens (including phenoxy) is 1. The average Bonchev–Trinajstić information content (AvgIpc) is 2.96. The summed E-state index contributed by atoms with van der Waals surface area (Å²) < 4.78 is 5.68. The highest BCUT2D eigenvalue weighted by molar-refractivity contribution is 5.89. The van der Waals surface area contributed by atoms with E-state index in [4.69, 9.17) is 9.84 Å². The summed E-state index contributed by atoms with van der Waals surface area (Å²) in [6.07, 6.45) is 1.89. The fraction of sp³-hybridized carbons (Fsp3) is 0.833. The van der Waals surface area contributed by atoms with Crippen LogP contribution in [0.3, 0.4) is 0 Å². The molecule has 8 nitrogen and oxygen atoms in total. The molecule has 0 spiro atoms. The Balaban J connectivity index is 1.91. The molecule has 2 heterocycles. The molecule has 148 valence electrons. The predicted octanol–water partition coefficient (Wildman–Crippen LogP) is 0.267. The Kier molecular flexibility index (Phi) is 7.40. The van der Waals surface area contributed by atoms with Gasteiger partial charge in [0.05, 0.1) is 25.2 Å². The van der Waals surface area contributed by atoms with Gasteiger partial charge in [-0.15, -0.1) is 0 Å². The minimum Gasteiger partial charge on any atom is -0.480 e. The molecule has 0 aliphatic carbocycles. The van der Waals surface area contributed by atoms with Crippen LogP contribution in [0.5, 0.6) is 0 Å². The van der Waals surface area contributed by atoms with Gasteiger partial charge in [-0.1, -0.05) is 13.8 Å². The highest BCUT2D eigenvalue weighted by Crippen LogP contribution is 2.25. The van der Waals surface area contributed by atoms with E-state index in [1.54, 1.807) is 16.8 Å². The molecule has 0 aromatic heterocycles. The van der Waals surface area contributed by atoms with Crippen LogP contribution in [0, 0.1) is 5.92 Å². The first kappa shape index (κ1) is 20.6. The van der Waals surface area contributed by atoms with Crippen molar-refractivity contribution in [3.05, 3.63) is 0 Å². The molecule has 0 aromatic carbocycles. The van der Waals surface area contributed by atoms with E-state index in [1.165, 1.54) is 0 Å². The van der Waals surface area contributed by atoms with Gasteiger partial charge in [0.15, 0.2) is 0 Å². The zero-order valence-corrected chi connectivity index (χ0v) is 16.0. The van der Waals surface area contributed by atoms with Crippen LogP contribution in [-0.2, 0) is 19.1 Å². The third-order valence-corrected chi connectivity index (χ3v) is 5.26. The van der Waals surface area contributed by atoms with Gasteiger partial charge in [0.25, 0.3) is 0 Å². The van der Waals surface area contributed by atoms with Crippen LogP contribution in [0.15, 0.2) is 0 Å². The number of amides is 2. The molecule has 2 saturated heterocycles. The van der Waals surface area contributed by atoms with E-state index in [0.717, 1.165) is 12.8 Å². The Morgan fingerprint density at radius 2 is 2.00 bits per heavy atom. The lowest BCUT2D eigenvalue weighted by atomic mass is 10.1. The number of carboxylic acids is 1. The van der Waals surface area contributed by atoms with Gasteiger partial charge in [-0.3, -0.25) is 19.3 Å². The Morgan fingerprint density at radius 1 is 1.31 bits per heavy atom. The second-order valence-electron chi connectivity index (χ2n) is 7.29. The van der Waals surface area contributed by atoms with E-state index in [9.17, 15) is 14.4 Å². The molecule has 1 N–H and O–H groups in total. The summed E-state index contributed by atoms with van der Waals surface area (Å²) in [5.41, 5.74) is 0. The Bertz CT molecular complexity index is 523. The third-order valence-electron chi connectivity index (χ3n) is 5.26. The van der Waals surface area contributed by atoms with Crippen LogP contribution in [0.1, 0.15) is 33.1 Å². The van der Waals surface area contributed by atoms with Gasteiger partial charge in [-0.05, 0) is 19.9 Å². The molecule has 0 radical (unpaired) electrons. The van der Waals surface area contributed by atoms with Gasteiger partial charge in [0, 0.05) is 38.6 Å². The molecule has 2 fully saturated rings. The summed E-state index contributed by atoms with van der Waals surface area (Å²) in [5.74, 6) is -1.08. The molecule has 8 heteroatoms. The molecule has 0 bridgehead atoms. The van der Waals surface area contributed by atoms with Crippen LogP contribution in [-0.4, -0.2) is 96.1 Å². The molecule has 2 rings (SSSR count). The second-order valence-corrected chi connectivity index (χ2v) is 7.29.